The molecule has 0 radical (unpaired) electrons. The number of furan rings is 1. The molecule has 0 aliphatic rings. The van der Waals surface area contributed by atoms with Crippen molar-refractivity contribution in [1.82, 2.24) is 0 Å². The highest BCUT2D eigenvalue weighted by Crippen LogP contribution is 2.18. The Balaban J connectivity index is 2.56. The van der Waals surface area contributed by atoms with Crippen LogP contribution in [-0.4, -0.2) is 11.7 Å². The minimum Gasteiger partial charge on any atom is -0.466 e. The maximum Gasteiger partial charge on any atom is 0.104 e. The van der Waals surface area contributed by atoms with E-state index in [1.807, 2.05) is 19.1 Å². The Kier molecular flexibility index (Phi) is 3.55. The van der Waals surface area contributed by atoms with Crippen molar-refractivity contribution in [2.75, 3.05) is 6.61 Å². The van der Waals surface area contributed by atoms with E-state index < -0.39 is 0 Å². The molecule has 1 aromatic heterocycles. The van der Waals surface area contributed by atoms with Crippen molar-refractivity contribution in [3.05, 3.63) is 23.7 Å². The standard InChI is InChI=1S/C11H18O2/c1-8(2)10(7-12)6-11-5-4-9(3)13-11/h4-5,8,10,12H,6-7H2,1-3H3. The monoisotopic (exact) mass is 182 g/mol. The second-order valence-electron chi connectivity index (χ2n) is 3.90. The van der Waals surface area contributed by atoms with Gasteiger partial charge in [0, 0.05) is 13.0 Å². The van der Waals surface area contributed by atoms with E-state index in [0.717, 1.165) is 17.9 Å². The van der Waals surface area contributed by atoms with Crippen LogP contribution >= 0.6 is 0 Å². The zero-order valence-electron chi connectivity index (χ0n) is 8.58. The molecule has 13 heavy (non-hydrogen) atoms. The van der Waals surface area contributed by atoms with Crippen LogP contribution in [0.2, 0.25) is 0 Å². The molecule has 74 valence electrons. The fourth-order valence-corrected chi connectivity index (χ4v) is 1.36. The molecule has 0 aliphatic heterocycles. The van der Waals surface area contributed by atoms with Crippen molar-refractivity contribution < 1.29 is 9.52 Å². The smallest absolute Gasteiger partial charge is 0.104 e. The molecule has 2 nitrogen and oxygen atoms in total. The Morgan fingerprint density at radius 3 is 2.46 bits per heavy atom. The van der Waals surface area contributed by atoms with Crippen LogP contribution in [0.4, 0.5) is 0 Å². The first-order valence-electron chi connectivity index (χ1n) is 4.79. The highest BCUT2D eigenvalue weighted by Gasteiger charge is 2.14. The first-order chi connectivity index (χ1) is 6.13. The fraction of sp³-hybridized carbons (Fsp3) is 0.636. The van der Waals surface area contributed by atoms with Gasteiger partial charge in [-0.15, -0.1) is 0 Å². The highest BCUT2D eigenvalue weighted by atomic mass is 16.3. The number of hydrogen-bond acceptors (Lipinski definition) is 2. The van der Waals surface area contributed by atoms with E-state index in [0.29, 0.717) is 11.8 Å². The third kappa shape index (κ3) is 2.88. The Morgan fingerprint density at radius 1 is 1.38 bits per heavy atom. The average Bonchev–Trinajstić information content (AvgIpc) is 2.46. The summed E-state index contributed by atoms with van der Waals surface area (Å²) in [4.78, 5) is 0. The molecule has 1 heterocycles. The lowest BCUT2D eigenvalue weighted by molar-refractivity contribution is 0.182. The molecule has 0 aliphatic carbocycles. The van der Waals surface area contributed by atoms with E-state index in [1.54, 1.807) is 0 Å². The molecule has 0 fully saturated rings. The zero-order valence-corrected chi connectivity index (χ0v) is 8.58. The van der Waals surface area contributed by atoms with Gasteiger partial charge in [-0.3, -0.25) is 0 Å². The molecule has 0 aromatic carbocycles. The lowest BCUT2D eigenvalue weighted by Crippen LogP contribution is -2.15. The van der Waals surface area contributed by atoms with Gasteiger partial charge in [0.15, 0.2) is 0 Å². The van der Waals surface area contributed by atoms with Gasteiger partial charge in [-0.2, -0.15) is 0 Å². The van der Waals surface area contributed by atoms with Gasteiger partial charge < -0.3 is 9.52 Å². The predicted octanol–water partition coefficient (Wildman–Crippen LogP) is 2.40. The number of hydrogen-bond donors (Lipinski definition) is 1. The lowest BCUT2D eigenvalue weighted by atomic mass is 9.92. The summed E-state index contributed by atoms with van der Waals surface area (Å²) >= 11 is 0. The Hall–Kier alpha value is -0.760. The Bertz CT molecular complexity index is 250. The summed E-state index contributed by atoms with van der Waals surface area (Å²) in [5, 5.41) is 9.12. The van der Waals surface area contributed by atoms with E-state index >= 15 is 0 Å². The summed E-state index contributed by atoms with van der Waals surface area (Å²) < 4.78 is 5.45. The summed E-state index contributed by atoms with van der Waals surface area (Å²) in [6, 6.07) is 3.95. The molecular formula is C11H18O2. The molecule has 0 bridgehead atoms. The van der Waals surface area contributed by atoms with Crippen LogP contribution < -0.4 is 0 Å². The minimum atomic E-state index is 0.234. The van der Waals surface area contributed by atoms with Gasteiger partial charge in [0.25, 0.3) is 0 Å². The second-order valence-corrected chi connectivity index (χ2v) is 3.90. The van der Waals surface area contributed by atoms with E-state index in [9.17, 15) is 0 Å². The topological polar surface area (TPSA) is 33.4 Å². The van der Waals surface area contributed by atoms with Gasteiger partial charge >= 0.3 is 0 Å². The van der Waals surface area contributed by atoms with Crippen LogP contribution in [0.3, 0.4) is 0 Å². The van der Waals surface area contributed by atoms with Gasteiger partial charge in [-0.1, -0.05) is 13.8 Å². The minimum absolute atomic E-state index is 0.234. The van der Waals surface area contributed by atoms with Crippen molar-refractivity contribution in [2.45, 2.75) is 27.2 Å². The Morgan fingerprint density at radius 2 is 2.08 bits per heavy atom. The molecule has 0 saturated heterocycles. The van der Waals surface area contributed by atoms with Crippen LogP contribution in [-0.2, 0) is 6.42 Å². The lowest BCUT2D eigenvalue weighted by Gasteiger charge is -2.16. The quantitative estimate of drug-likeness (QED) is 0.775. The normalized spacial score (nSPS) is 13.6. The van der Waals surface area contributed by atoms with Crippen LogP contribution in [0, 0.1) is 18.8 Å². The van der Waals surface area contributed by atoms with Crippen molar-refractivity contribution in [3.8, 4) is 0 Å². The van der Waals surface area contributed by atoms with Crippen molar-refractivity contribution in [2.24, 2.45) is 11.8 Å². The average molecular weight is 182 g/mol. The molecule has 1 rings (SSSR count). The number of aliphatic hydroxyl groups is 1. The SMILES string of the molecule is Cc1ccc(CC(CO)C(C)C)o1. The highest BCUT2D eigenvalue weighted by molar-refractivity contribution is 5.06. The number of aliphatic hydroxyl groups excluding tert-OH is 1. The molecular weight excluding hydrogens is 164 g/mol. The van der Waals surface area contributed by atoms with Crippen LogP contribution in [0.25, 0.3) is 0 Å². The summed E-state index contributed by atoms with van der Waals surface area (Å²) in [5.41, 5.74) is 0. The second kappa shape index (κ2) is 4.47. The van der Waals surface area contributed by atoms with Crippen molar-refractivity contribution in [3.63, 3.8) is 0 Å². The molecule has 2 heteroatoms. The molecule has 0 amide bonds. The van der Waals surface area contributed by atoms with E-state index in [4.69, 9.17) is 9.52 Å². The van der Waals surface area contributed by atoms with E-state index in [1.165, 1.54) is 0 Å². The first kappa shape index (κ1) is 10.3. The van der Waals surface area contributed by atoms with Crippen LogP contribution in [0.1, 0.15) is 25.4 Å². The Labute approximate surface area is 79.6 Å². The molecule has 1 atom stereocenters. The molecule has 0 spiro atoms. The van der Waals surface area contributed by atoms with Crippen molar-refractivity contribution >= 4 is 0 Å². The van der Waals surface area contributed by atoms with Gasteiger partial charge in [0.2, 0.25) is 0 Å². The van der Waals surface area contributed by atoms with Gasteiger partial charge in [-0.25, -0.2) is 0 Å². The van der Waals surface area contributed by atoms with Crippen LogP contribution in [0.15, 0.2) is 16.5 Å². The zero-order chi connectivity index (χ0) is 9.84. The molecule has 1 aromatic rings. The van der Waals surface area contributed by atoms with Gasteiger partial charge in [-0.05, 0) is 30.9 Å². The summed E-state index contributed by atoms with van der Waals surface area (Å²) in [6.07, 6.45) is 0.835. The van der Waals surface area contributed by atoms with Gasteiger partial charge in [0.1, 0.15) is 11.5 Å². The molecule has 1 N–H and O–H groups in total. The first-order valence-corrected chi connectivity index (χ1v) is 4.79. The third-order valence-electron chi connectivity index (χ3n) is 2.44. The van der Waals surface area contributed by atoms with Crippen molar-refractivity contribution in [1.29, 1.82) is 0 Å². The largest absolute Gasteiger partial charge is 0.466 e. The predicted molar refractivity (Wildman–Crippen MR) is 52.6 cm³/mol. The summed E-state index contributed by atoms with van der Waals surface area (Å²) in [6.45, 7) is 6.41. The number of aryl methyl sites for hydroxylation is 1. The third-order valence-corrected chi connectivity index (χ3v) is 2.44. The maximum atomic E-state index is 9.12. The van der Waals surface area contributed by atoms with E-state index in [-0.39, 0.29) is 6.61 Å². The number of rotatable bonds is 4. The molecule has 1 unspecified atom stereocenters. The fourth-order valence-electron chi connectivity index (χ4n) is 1.36. The van der Waals surface area contributed by atoms with Crippen LogP contribution in [0.5, 0.6) is 0 Å². The van der Waals surface area contributed by atoms with E-state index in [2.05, 4.69) is 13.8 Å². The molecule has 0 saturated carbocycles. The summed E-state index contributed by atoms with van der Waals surface area (Å²) in [7, 11) is 0. The van der Waals surface area contributed by atoms with Gasteiger partial charge in [0.05, 0.1) is 0 Å². The summed E-state index contributed by atoms with van der Waals surface area (Å²) in [5.74, 6) is 2.72. The maximum absolute atomic E-state index is 9.12.